The highest BCUT2D eigenvalue weighted by Gasteiger charge is 2.30. The first-order chi connectivity index (χ1) is 19.0. The molecule has 1 aromatic heterocycles. The van der Waals surface area contributed by atoms with E-state index in [1.165, 1.54) is 24.8 Å². The largest absolute Gasteiger partial charge is 0.496 e. The van der Waals surface area contributed by atoms with Crippen LogP contribution < -0.4 is 16.2 Å². The third-order valence-electron chi connectivity index (χ3n) is 7.13. The number of rotatable bonds is 7. The Hall–Kier alpha value is -3.39. The molecule has 1 aliphatic rings. The minimum absolute atomic E-state index is 0.0311. The monoisotopic (exact) mass is 563 g/mol. The quantitative estimate of drug-likeness (QED) is 0.256. The van der Waals surface area contributed by atoms with Crippen LogP contribution in [0, 0.1) is 0 Å². The third kappa shape index (κ3) is 6.27. The number of fused-ring (bicyclic) bond motifs is 1. The van der Waals surface area contributed by atoms with Crippen LogP contribution in [0.4, 0.5) is 0 Å². The van der Waals surface area contributed by atoms with Gasteiger partial charge in [0.15, 0.2) is 0 Å². The SMILES string of the molecule is CN.COc1ccc(-c2ccc(C(N)=O)cc2)cc1CN(C(=O)c1sc2ccccc2c1Cl)C1CCCCC1. The third-order valence-corrected chi connectivity index (χ3v) is 8.79. The average molecular weight is 564 g/mol. The van der Waals surface area contributed by atoms with E-state index in [2.05, 4.69) is 11.8 Å². The van der Waals surface area contributed by atoms with Crippen LogP contribution in [-0.4, -0.2) is 36.9 Å². The normalized spacial score (nSPS) is 13.4. The molecule has 0 atom stereocenters. The van der Waals surface area contributed by atoms with Crippen molar-refractivity contribution in [2.45, 2.75) is 44.7 Å². The Balaban J connectivity index is 0.00000172. The molecule has 8 heteroatoms. The predicted octanol–water partition coefficient (Wildman–Crippen LogP) is 6.88. The van der Waals surface area contributed by atoms with Gasteiger partial charge in [0.25, 0.3) is 5.91 Å². The molecule has 4 aromatic rings. The standard InChI is InChI=1S/C30H29ClN2O3S.CH5N/c1-36-25-16-15-21(19-11-13-20(14-12-19)29(32)34)17-22(25)18-33(23-7-3-2-4-8-23)30(35)28-27(31)24-9-5-6-10-26(24)37-28;1-2/h5-6,9-17,23H,2-4,7-8,18H2,1H3,(H2,32,34);2H2,1H3. The van der Waals surface area contributed by atoms with Gasteiger partial charge in [0.1, 0.15) is 10.6 Å². The van der Waals surface area contributed by atoms with Gasteiger partial charge in [-0.05, 0) is 61.3 Å². The number of primary amides is 1. The Labute approximate surface area is 238 Å². The number of benzene rings is 3. The molecule has 5 rings (SSSR count). The Bertz CT molecular complexity index is 1450. The Kier molecular flexibility index (Phi) is 9.62. The van der Waals surface area contributed by atoms with E-state index in [0.29, 0.717) is 22.0 Å². The van der Waals surface area contributed by atoms with Gasteiger partial charge in [-0.2, -0.15) is 0 Å². The molecular formula is C31H34ClN3O3S. The predicted molar refractivity (Wildman–Crippen MR) is 161 cm³/mol. The molecule has 0 saturated heterocycles. The Morgan fingerprint density at radius 3 is 2.28 bits per heavy atom. The van der Waals surface area contributed by atoms with Crippen molar-refractivity contribution in [2.75, 3.05) is 14.2 Å². The smallest absolute Gasteiger partial charge is 0.266 e. The number of amides is 2. The van der Waals surface area contributed by atoms with Crippen LogP contribution in [0.1, 0.15) is 57.7 Å². The highest BCUT2D eigenvalue weighted by Crippen LogP contribution is 2.38. The number of nitrogens with zero attached hydrogens (tertiary/aromatic N) is 1. The fourth-order valence-corrected chi connectivity index (χ4v) is 6.60. The lowest BCUT2D eigenvalue weighted by molar-refractivity contribution is 0.0617. The number of methoxy groups -OCH3 is 1. The Morgan fingerprint density at radius 2 is 1.64 bits per heavy atom. The molecule has 4 N–H and O–H groups in total. The van der Waals surface area contributed by atoms with Crippen LogP contribution in [-0.2, 0) is 6.54 Å². The van der Waals surface area contributed by atoms with Crippen molar-refractivity contribution in [3.05, 3.63) is 87.8 Å². The molecule has 0 bridgehead atoms. The van der Waals surface area contributed by atoms with Gasteiger partial charge >= 0.3 is 0 Å². The molecule has 1 heterocycles. The van der Waals surface area contributed by atoms with E-state index in [1.807, 2.05) is 53.4 Å². The van der Waals surface area contributed by atoms with Crippen LogP contribution in [0.15, 0.2) is 66.7 Å². The fraction of sp³-hybridized carbons (Fsp3) is 0.290. The van der Waals surface area contributed by atoms with Crippen molar-refractivity contribution < 1.29 is 14.3 Å². The second-order valence-electron chi connectivity index (χ2n) is 9.43. The van der Waals surface area contributed by atoms with Crippen LogP contribution >= 0.6 is 22.9 Å². The summed E-state index contributed by atoms with van der Waals surface area (Å²) in [5.41, 5.74) is 13.2. The first-order valence-corrected chi connectivity index (χ1v) is 14.3. The van der Waals surface area contributed by atoms with Gasteiger partial charge in [0.05, 0.1) is 12.1 Å². The average Bonchev–Trinajstić information content (AvgIpc) is 3.33. The maximum atomic E-state index is 14.1. The maximum absolute atomic E-state index is 14.1. The zero-order valence-electron chi connectivity index (χ0n) is 22.3. The lowest BCUT2D eigenvalue weighted by Crippen LogP contribution is -2.40. The van der Waals surface area contributed by atoms with E-state index >= 15 is 0 Å². The number of hydrogen-bond acceptors (Lipinski definition) is 5. The molecule has 0 unspecified atom stereocenters. The van der Waals surface area contributed by atoms with E-state index < -0.39 is 5.91 Å². The van der Waals surface area contributed by atoms with E-state index in [-0.39, 0.29) is 11.9 Å². The van der Waals surface area contributed by atoms with E-state index in [0.717, 1.165) is 58.2 Å². The number of ether oxygens (including phenoxy) is 1. The lowest BCUT2D eigenvalue weighted by atomic mass is 9.93. The summed E-state index contributed by atoms with van der Waals surface area (Å²) in [6.07, 6.45) is 5.37. The van der Waals surface area contributed by atoms with Crippen molar-refractivity contribution in [2.24, 2.45) is 11.5 Å². The molecule has 1 saturated carbocycles. The molecule has 0 aliphatic heterocycles. The van der Waals surface area contributed by atoms with Gasteiger partial charge in [0, 0.05) is 33.8 Å². The van der Waals surface area contributed by atoms with Crippen molar-refractivity contribution >= 4 is 44.8 Å². The second kappa shape index (κ2) is 13.1. The topological polar surface area (TPSA) is 98.7 Å². The number of halogens is 1. The van der Waals surface area contributed by atoms with E-state index in [1.54, 1.807) is 19.2 Å². The fourth-order valence-electron chi connectivity index (χ4n) is 5.13. The zero-order valence-corrected chi connectivity index (χ0v) is 23.9. The van der Waals surface area contributed by atoms with E-state index in [4.69, 9.17) is 22.1 Å². The first-order valence-electron chi connectivity index (χ1n) is 13.1. The summed E-state index contributed by atoms with van der Waals surface area (Å²) in [5, 5.41) is 1.45. The van der Waals surface area contributed by atoms with Gasteiger partial charge in [-0.1, -0.05) is 67.3 Å². The first kappa shape index (κ1) is 28.6. The molecule has 2 amide bonds. The molecule has 3 aromatic carbocycles. The van der Waals surface area contributed by atoms with Crippen molar-refractivity contribution in [1.29, 1.82) is 0 Å². The summed E-state index contributed by atoms with van der Waals surface area (Å²) in [6.45, 7) is 0.421. The van der Waals surface area contributed by atoms with Crippen LogP contribution in [0.5, 0.6) is 5.75 Å². The summed E-state index contributed by atoms with van der Waals surface area (Å²) in [7, 11) is 3.15. The minimum Gasteiger partial charge on any atom is -0.496 e. The van der Waals surface area contributed by atoms with E-state index in [9.17, 15) is 9.59 Å². The molecular weight excluding hydrogens is 530 g/mol. The summed E-state index contributed by atoms with van der Waals surface area (Å²) in [5.74, 6) is 0.244. The molecule has 39 heavy (non-hydrogen) atoms. The molecule has 1 fully saturated rings. The van der Waals surface area contributed by atoms with Gasteiger partial charge in [-0.3, -0.25) is 9.59 Å². The molecule has 1 aliphatic carbocycles. The second-order valence-corrected chi connectivity index (χ2v) is 10.9. The van der Waals surface area contributed by atoms with Gasteiger partial charge < -0.3 is 21.1 Å². The summed E-state index contributed by atoms with van der Waals surface area (Å²) in [4.78, 5) is 28.1. The highest BCUT2D eigenvalue weighted by atomic mass is 35.5. The number of hydrogen-bond donors (Lipinski definition) is 2. The molecule has 6 nitrogen and oxygen atoms in total. The van der Waals surface area contributed by atoms with Crippen LogP contribution in [0.25, 0.3) is 21.2 Å². The van der Waals surface area contributed by atoms with Crippen molar-refractivity contribution in [3.63, 3.8) is 0 Å². The van der Waals surface area contributed by atoms with Crippen molar-refractivity contribution in [1.82, 2.24) is 4.90 Å². The maximum Gasteiger partial charge on any atom is 0.266 e. The Morgan fingerprint density at radius 1 is 0.974 bits per heavy atom. The minimum atomic E-state index is -0.455. The number of carbonyl (C=O) groups is 2. The molecule has 0 spiro atoms. The van der Waals surface area contributed by atoms with Crippen LogP contribution in [0.3, 0.4) is 0 Å². The van der Waals surface area contributed by atoms with Crippen LogP contribution in [0.2, 0.25) is 5.02 Å². The summed E-state index contributed by atoms with van der Waals surface area (Å²) >= 11 is 8.20. The summed E-state index contributed by atoms with van der Waals surface area (Å²) in [6, 6.07) is 21.2. The highest BCUT2D eigenvalue weighted by molar-refractivity contribution is 7.21. The van der Waals surface area contributed by atoms with Gasteiger partial charge in [-0.25, -0.2) is 0 Å². The lowest BCUT2D eigenvalue weighted by Gasteiger charge is -2.34. The number of carbonyl (C=O) groups excluding carboxylic acids is 2. The van der Waals surface area contributed by atoms with Gasteiger partial charge in [0.2, 0.25) is 5.91 Å². The summed E-state index contributed by atoms with van der Waals surface area (Å²) < 4.78 is 6.72. The zero-order chi connectivity index (χ0) is 27.9. The molecule has 0 radical (unpaired) electrons. The number of nitrogens with two attached hydrogens (primary N) is 2. The van der Waals surface area contributed by atoms with Gasteiger partial charge in [-0.15, -0.1) is 11.3 Å². The molecule has 204 valence electrons. The van der Waals surface area contributed by atoms with Crippen molar-refractivity contribution in [3.8, 4) is 16.9 Å². The number of thiophene rings is 1.